The number of rotatable bonds is 5. The van der Waals surface area contributed by atoms with E-state index in [0.29, 0.717) is 6.42 Å². The molecule has 0 aliphatic carbocycles. The van der Waals surface area contributed by atoms with Crippen LogP contribution < -0.4 is 0 Å². The maximum absolute atomic E-state index is 12.0. The van der Waals surface area contributed by atoms with Crippen LogP contribution in [0.4, 0.5) is 0 Å². The first-order valence-corrected chi connectivity index (χ1v) is 7.64. The molecule has 0 saturated carbocycles. The van der Waals surface area contributed by atoms with E-state index >= 15 is 0 Å². The quantitative estimate of drug-likeness (QED) is 0.795. The Hall–Kier alpha value is -2.20. The van der Waals surface area contributed by atoms with Gasteiger partial charge >= 0.3 is 5.97 Å². The number of carbonyl (C=O) groups is 1. The second kappa shape index (κ2) is 7.18. The first-order chi connectivity index (χ1) is 10.8. The molecule has 1 aliphatic heterocycles. The number of nitrogens with zero attached hydrogens (tertiary/aromatic N) is 2. The summed E-state index contributed by atoms with van der Waals surface area (Å²) in [6.07, 6.45) is 4.62. The monoisotopic (exact) mass is 296 g/mol. The van der Waals surface area contributed by atoms with Crippen LogP contribution in [0.15, 0.2) is 54.9 Å². The van der Waals surface area contributed by atoms with Crippen LogP contribution in [-0.4, -0.2) is 35.0 Å². The fraction of sp³-hybridized carbons (Fsp3) is 0.333. The molecular weight excluding hydrogens is 276 g/mol. The van der Waals surface area contributed by atoms with E-state index in [1.165, 1.54) is 5.56 Å². The summed E-state index contributed by atoms with van der Waals surface area (Å²) in [6.45, 7) is 2.70. The largest absolute Gasteiger partial charge is 0.461 e. The van der Waals surface area contributed by atoms with Crippen LogP contribution in [0.2, 0.25) is 0 Å². The molecule has 0 spiro atoms. The van der Waals surface area contributed by atoms with Crippen molar-refractivity contribution in [3.63, 3.8) is 0 Å². The molecule has 0 unspecified atom stereocenters. The predicted molar refractivity (Wildman–Crippen MR) is 84.2 cm³/mol. The molecule has 1 atom stereocenters. The fourth-order valence-electron chi connectivity index (χ4n) is 2.78. The lowest BCUT2D eigenvalue weighted by molar-refractivity contribution is -0.147. The van der Waals surface area contributed by atoms with E-state index in [1.54, 1.807) is 12.4 Å². The van der Waals surface area contributed by atoms with Gasteiger partial charge in [0.05, 0.1) is 6.42 Å². The molecule has 1 aromatic carbocycles. The smallest absolute Gasteiger partial charge is 0.310 e. The molecule has 0 amide bonds. The zero-order valence-electron chi connectivity index (χ0n) is 12.5. The Morgan fingerprint density at radius 1 is 1.18 bits per heavy atom. The highest BCUT2D eigenvalue weighted by Crippen LogP contribution is 2.16. The molecule has 2 aromatic rings. The van der Waals surface area contributed by atoms with Gasteiger partial charge in [-0.1, -0.05) is 36.4 Å². The normalized spacial score (nSPS) is 18.3. The highest BCUT2D eigenvalue weighted by molar-refractivity contribution is 5.72. The van der Waals surface area contributed by atoms with Gasteiger partial charge in [-0.05, 0) is 23.6 Å². The summed E-state index contributed by atoms with van der Waals surface area (Å²) in [5, 5.41) is 0. The van der Waals surface area contributed by atoms with Gasteiger partial charge in [-0.15, -0.1) is 0 Å². The van der Waals surface area contributed by atoms with Gasteiger partial charge in [0.25, 0.3) is 0 Å². The Morgan fingerprint density at radius 2 is 2.00 bits per heavy atom. The van der Waals surface area contributed by atoms with Gasteiger partial charge in [-0.2, -0.15) is 0 Å². The van der Waals surface area contributed by atoms with Crippen LogP contribution in [0.25, 0.3) is 0 Å². The Kier molecular flexibility index (Phi) is 4.81. The second-order valence-corrected chi connectivity index (χ2v) is 5.66. The minimum atomic E-state index is -0.167. The Bertz CT molecular complexity index is 601. The zero-order valence-corrected chi connectivity index (χ0v) is 12.5. The number of hydrogen-bond donors (Lipinski definition) is 0. The van der Waals surface area contributed by atoms with Gasteiger partial charge in [0.2, 0.25) is 0 Å². The van der Waals surface area contributed by atoms with Crippen molar-refractivity contribution in [2.45, 2.75) is 25.5 Å². The molecule has 4 heteroatoms. The Labute approximate surface area is 130 Å². The van der Waals surface area contributed by atoms with Crippen LogP contribution in [0.5, 0.6) is 0 Å². The van der Waals surface area contributed by atoms with Crippen molar-refractivity contribution in [1.29, 1.82) is 0 Å². The van der Waals surface area contributed by atoms with Crippen LogP contribution in [0.3, 0.4) is 0 Å². The number of ether oxygens (including phenoxy) is 1. The molecule has 3 rings (SSSR count). The molecule has 4 nitrogen and oxygen atoms in total. The first kappa shape index (κ1) is 14.7. The van der Waals surface area contributed by atoms with E-state index in [9.17, 15) is 4.79 Å². The van der Waals surface area contributed by atoms with E-state index in [-0.39, 0.29) is 12.1 Å². The van der Waals surface area contributed by atoms with Crippen LogP contribution in [0, 0.1) is 0 Å². The highest BCUT2D eigenvalue weighted by atomic mass is 16.5. The van der Waals surface area contributed by atoms with Crippen LogP contribution >= 0.6 is 0 Å². The second-order valence-electron chi connectivity index (χ2n) is 5.66. The van der Waals surface area contributed by atoms with E-state index in [1.807, 2.05) is 18.2 Å². The molecule has 2 heterocycles. The maximum atomic E-state index is 12.0. The third kappa shape index (κ3) is 4.15. The van der Waals surface area contributed by atoms with Crippen molar-refractivity contribution < 1.29 is 9.53 Å². The van der Waals surface area contributed by atoms with Crippen LogP contribution in [0.1, 0.15) is 17.5 Å². The standard InChI is InChI=1S/C18H20N2O2/c21-18(11-16-7-4-9-19-12-16)22-17-8-10-20(14-17)13-15-5-2-1-3-6-15/h1-7,9,12,17H,8,10-11,13-14H2/t17-/m1/s1. The number of pyridine rings is 1. The van der Waals surface area contributed by atoms with E-state index in [0.717, 1.165) is 31.6 Å². The highest BCUT2D eigenvalue weighted by Gasteiger charge is 2.25. The van der Waals surface area contributed by atoms with Crippen LogP contribution in [-0.2, 0) is 22.5 Å². The number of carbonyl (C=O) groups excluding carboxylic acids is 1. The third-order valence-corrected chi connectivity index (χ3v) is 3.85. The van der Waals surface area contributed by atoms with Gasteiger partial charge in [-0.25, -0.2) is 0 Å². The van der Waals surface area contributed by atoms with Crippen molar-refractivity contribution in [2.24, 2.45) is 0 Å². The molecule has 0 bridgehead atoms. The molecule has 1 aliphatic rings. The molecule has 0 N–H and O–H groups in total. The lowest BCUT2D eigenvalue weighted by Gasteiger charge is -2.16. The van der Waals surface area contributed by atoms with Crippen molar-refractivity contribution in [1.82, 2.24) is 9.88 Å². The van der Waals surface area contributed by atoms with Gasteiger partial charge in [0.1, 0.15) is 6.10 Å². The molecule has 114 valence electrons. The molecular formula is C18H20N2O2. The van der Waals surface area contributed by atoms with Gasteiger partial charge in [0.15, 0.2) is 0 Å². The van der Waals surface area contributed by atoms with E-state index in [4.69, 9.17) is 4.74 Å². The Morgan fingerprint density at radius 3 is 2.77 bits per heavy atom. The summed E-state index contributed by atoms with van der Waals surface area (Å²) >= 11 is 0. The summed E-state index contributed by atoms with van der Waals surface area (Å²) in [7, 11) is 0. The van der Waals surface area contributed by atoms with Gasteiger partial charge in [0, 0.05) is 32.0 Å². The summed E-state index contributed by atoms with van der Waals surface area (Å²) < 4.78 is 5.57. The topological polar surface area (TPSA) is 42.4 Å². The molecule has 0 radical (unpaired) electrons. The number of likely N-dealkylation sites (tertiary alicyclic amines) is 1. The SMILES string of the molecule is O=C(Cc1cccnc1)O[C@@H]1CCN(Cc2ccccc2)C1. The number of hydrogen-bond acceptors (Lipinski definition) is 4. The molecule has 1 aromatic heterocycles. The predicted octanol–water partition coefficient (Wildman–Crippen LogP) is 2.44. The lowest BCUT2D eigenvalue weighted by atomic mass is 10.2. The van der Waals surface area contributed by atoms with Crippen molar-refractivity contribution in [3.8, 4) is 0 Å². The fourth-order valence-corrected chi connectivity index (χ4v) is 2.78. The summed E-state index contributed by atoms with van der Waals surface area (Å²) in [5.74, 6) is -0.167. The summed E-state index contributed by atoms with van der Waals surface area (Å²) in [5.41, 5.74) is 2.19. The Balaban J connectivity index is 1.46. The summed E-state index contributed by atoms with van der Waals surface area (Å²) in [6, 6.07) is 14.1. The number of esters is 1. The van der Waals surface area contributed by atoms with Crippen molar-refractivity contribution in [2.75, 3.05) is 13.1 Å². The third-order valence-electron chi connectivity index (χ3n) is 3.85. The number of aromatic nitrogens is 1. The average Bonchev–Trinajstić information content (AvgIpc) is 2.96. The van der Waals surface area contributed by atoms with Gasteiger partial charge in [-0.3, -0.25) is 14.7 Å². The average molecular weight is 296 g/mol. The minimum Gasteiger partial charge on any atom is -0.461 e. The molecule has 1 saturated heterocycles. The minimum absolute atomic E-state index is 0.00730. The maximum Gasteiger partial charge on any atom is 0.310 e. The first-order valence-electron chi connectivity index (χ1n) is 7.64. The van der Waals surface area contributed by atoms with Crippen molar-refractivity contribution >= 4 is 5.97 Å². The van der Waals surface area contributed by atoms with Gasteiger partial charge < -0.3 is 4.74 Å². The zero-order chi connectivity index (χ0) is 15.2. The molecule has 1 fully saturated rings. The van der Waals surface area contributed by atoms with Crippen molar-refractivity contribution in [3.05, 3.63) is 66.0 Å². The number of benzene rings is 1. The summed E-state index contributed by atoms with van der Waals surface area (Å²) in [4.78, 5) is 18.3. The van der Waals surface area contributed by atoms with E-state index < -0.39 is 0 Å². The molecule has 22 heavy (non-hydrogen) atoms. The van der Waals surface area contributed by atoms with E-state index in [2.05, 4.69) is 34.1 Å². The lowest BCUT2D eigenvalue weighted by Crippen LogP contribution is -2.25.